The number of amides is 1. The average Bonchev–Trinajstić information content (AvgIpc) is 2.93. The third-order valence-electron chi connectivity index (χ3n) is 4.14. The quantitative estimate of drug-likeness (QED) is 0.761. The fourth-order valence-electron chi connectivity index (χ4n) is 2.50. The van der Waals surface area contributed by atoms with E-state index in [2.05, 4.69) is 5.16 Å². The zero-order valence-corrected chi connectivity index (χ0v) is 14.4. The number of para-hydroxylation sites is 1. The molecule has 0 radical (unpaired) electrons. The number of aryl methyl sites for hydroxylation is 1. The fourth-order valence-corrected chi connectivity index (χ4v) is 2.50. The van der Waals surface area contributed by atoms with Gasteiger partial charge in [-0.25, -0.2) is 0 Å². The molecule has 1 amide bonds. The fraction of sp³-hybridized carbons (Fsp3) is 0.389. The number of hydrogen-bond donors (Lipinski definition) is 0. The van der Waals surface area contributed by atoms with Crippen molar-refractivity contribution in [2.75, 3.05) is 19.1 Å². The predicted octanol–water partition coefficient (Wildman–Crippen LogP) is 2.99. The van der Waals surface area contributed by atoms with E-state index in [0.717, 1.165) is 16.9 Å². The van der Waals surface area contributed by atoms with Crippen LogP contribution in [0.15, 0.2) is 34.9 Å². The van der Waals surface area contributed by atoms with Crippen LogP contribution in [-0.2, 0) is 14.3 Å². The Labute approximate surface area is 141 Å². The third-order valence-corrected chi connectivity index (χ3v) is 4.14. The van der Waals surface area contributed by atoms with E-state index >= 15 is 0 Å². The molecule has 128 valence electrons. The molecule has 0 N–H and O–H groups in total. The number of nitrogens with zero attached hydrogens (tertiary/aromatic N) is 2. The average molecular weight is 330 g/mol. The summed E-state index contributed by atoms with van der Waals surface area (Å²) >= 11 is 0. The summed E-state index contributed by atoms with van der Waals surface area (Å²) in [5.41, 5.74) is 2.41. The molecule has 6 heteroatoms. The summed E-state index contributed by atoms with van der Waals surface area (Å²) in [5.74, 6) is -0.336. The zero-order valence-electron chi connectivity index (χ0n) is 14.4. The lowest BCUT2D eigenvalue weighted by atomic mass is 9.94. The van der Waals surface area contributed by atoms with Crippen LogP contribution >= 0.6 is 0 Å². The number of esters is 1. The second-order valence-corrected chi connectivity index (χ2v) is 5.73. The van der Waals surface area contributed by atoms with Crippen molar-refractivity contribution in [2.45, 2.75) is 32.6 Å². The van der Waals surface area contributed by atoms with Crippen molar-refractivity contribution >= 4 is 17.6 Å². The van der Waals surface area contributed by atoms with Crippen molar-refractivity contribution < 1.29 is 18.8 Å². The zero-order chi connectivity index (χ0) is 17.7. The second kappa shape index (κ2) is 7.77. The molecule has 0 aliphatic rings. The molecule has 1 aromatic heterocycles. The number of hydrogen-bond acceptors (Lipinski definition) is 5. The summed E-state index contributed by atoms with van der Waals surface area (Å²) in [6, 6.07) is 9.35. The molecule has 0 aliphatic carbocycles. The summed E-state index contributed by atoms with van der Waals surface area (Å²) in [5, 5.41) is 3.93. The van der Waals surface area contributed by atoms with Gasteiger partial charge in [0, 0.05) is 30.6 Å². The van der Waals surface area contributed by atoms with Gasteiger partial charge in [-0.3, -0.25) is 9.59 Å². The molecule has 0 saturated carbocycles. The van der Waals surface area contributed by atoms with Crippen molar-refractivity contribution in [2.24, 2.45) is 0 Å². The first-order chi connectivity index (χ1) is 11.4. The Kier molecular flexibility index (Phi) is 5.73. The number of carbonyl (C=O) groups is 2. The minimum atomic E-state index is -0.405. The Hall–Kier alpha value is -2.63. The van der Waals surface area contributed by atoms with Crippen molar-refractivity contribution in [1.82, 2.24) is 5.16 Å². The molecule has 6 nitrogen and oxygen atoms in total. The van der Waals surface area contributed by atoms with Gasteiger partial charge in [0.05, 0.1) is 19.2 Å². The minimum Gasteiger partial charge on any atom is -0.469 e. The monoisotopic (exact) mass is 330 g/mol. The van der Waals surface area contributed by atoms with Crippen LogP contribution in [0.25, 0.3) is 0 Å². The molecule has 0 bridgehead atoms. The summed E-state index contributed by atoms with van der Waals surface area (Å²) < 4.78 is 10.1. The molecule has 0 spiro atoms. The van der Waals surface area contributed by atoms with Crippen LogP contribution in [0.4, 0.5) is 5.69 Å². The van der Waals surface area contributed by atoms with Crippen molar-refractivity contribution in [3.63, 3.8) is 0 Å². The number of anilines is 1. The predicted molar refractivity (Wildman–Crippen MR) is 89.8 cm³/mol. The van der Waals surface area contributed by atoms with Crippen LogP contribution in [0.1, 0.15) is 35.8 Å². The van der Waals surface area contributed by atoms with Gasteiger partial charge in [0.1, 0.15) is 5.76 Å². The Morgan fingerprint density at radius 1 is 1.21 bits per heavy atom. The van der Waals surface area contributed by atoms with E-state index in [1.807, 2.05) is 44.2 Å². The highest BCUT2D eigenvalue weighted by atomic mass is 16.5. The summed E-state index contributed by atoms with van der Waals surface area (Å²) in [6.45, 7) is 3.70. The van der Waals surface area contributed by atoms with Crippen molar-refractivity contribution in [3.8, 4) is 0 Å². The molecular weight excluding hydrogens is 308 g/mol. The maximum absolute atomic E-state index is 12.6. The van der Waals surface area contributed by atoms with Crippen LogP contribution in [0, 0.1) is 13.8 Å². The molecular formula is C18H22N2O4. The number of aromatic nitrogens is 1. The number of rotatable bonds is 6. The van der Waals surface area contributed by atoms with E-state index in [9.17, 15) is 9.59 Å². The summed E-state index contributed by atoms with van der Waals surface area (Å²) in [6.07, 6.45) is 0.205. The van der Waals surface area contributed by atoms with E-state index in [0.29, 0.717) is 5.76 Å². The van der Waals surface area contributed by atoms with E-state index < -0.39 is 5.92 Å². The topological polar surface area (TPSA) is 72.6 Å². The summed E-state index contributed by atoms with van der Waals surface area (Å²) in [4.78, 5) is 25.9. The van der Waals surface area contributed by atoms with Crippen LogP contribution in [0.2, 0.25) is 0 Å². The molecule has 2 aromatic rings. The van der Waals surface area contributed by atoms with Gasteiger partial charge in [-0.1, -0.05) is 23.4 Å². The Morgan fingerprint density at radius 3 is 2.42 bits per heavy atom. The standard InChI is InChI=1S/C18H22N2O4/c1-12-13(2)19-24-18(12)14(11-17(22)23-4)10-16(21)20(3)15-8-6-5-7-9-15/h5-9,14H,10-11H2,1-4H3/t14-/m0/s1. The molecule has 0 saturated heterocycles. The van der Waals surface area contributed by atoms with Gasteiger partial charge < -0.3 is 14.2 Å². The first kappa shape index (κ1) is 17.7. The van der Waals surface area contributed by atoms with E-state index in [-0.39, 0.29) is 24.7 Å². The number of carbonyl (C=O) groups excluding carboxylic acids is 2. The largest absolute Gasteiger partial charge is 0.469 e. The number of benzene rings is 1. The molecule has 1 heterocycles. The van der Waals surface area contributed by atoms with Gasteiger partial charge >= 0.3 is 5.97 Å². The lowest BCUT2D eigenvalue weighted by molar-refractivity contribution is -0.141. The Balaban J connectivity index is 2.20. The molecule has 24 heavy (non-hydrogen) atoms. The highest BCUT2D eigenvalue weighted by molar-refractivity contribution is 5.93. The first-order valence-electron chi connectivity index (χ1n) is 7.75. The van der Waals surface area contributed by atoms with Crippen molar-refractivity contribution in [3.05, 3.63) is 47.3 Å². The van der Waals surface area contributed by atoms with Gasteiger partial charge in [-0.2, -0.15) is 0 Å². The van der Waals surface area contributed by atoms with Crippen molar-refractivity contribution in [1.29, 1.82) is 0 Å². The Bertz CT molecular complexity index is 709. The first-order valence-corrected chi connectivity index (χ1v) is 7.75. The minimum absolute atomic E-state index is 0.0698. The van der Waals surface area contributed by atoms with Crippen LogP contribution in [-0.4, -0.2) is 31.2 Å². The van der Waals surface area contributed by atoms with Gasteiger partial charge in [-0.15, -0.1) is 0 Å². The third kappa shape index (κ3) is 4.01. The van der Waals surface area contributed by atoms with Crippen LogP contribution in [0.3, 0.4) is 0 Å². The molecule has 1 atom stereocenters. The smallest absolute Gasteiger partial charge is 0.306 e. The van der Waals surface area contributed by atoms with Gasteiger partial charge in [0.15, 0.2) is 0 Å². The number of ether oxygens (including phenoxy) is 1. The van der Waals surface area contributed by atoms with E-state index in [4.69, 9.17) is 9.26 Å². The van der Waals surface area contributed by atoms with Crippen LogP contribution in [0.5, 0.6) is 0 Å². The highest BCUT2D eigenvalue weighted by Crippen LogP contribution is 2.29. The maximum atomic E-state index is 12.6. The molecule has 0 aliphatic heterocycles. The molecule has 0 unspecified atom stereocenters. The number of methoxy groups -OCH3 is 1. The van der Waals surface area contributed by atoms with E-state index in [1.54, 1.807) is 11.9 Å². The SMILES string of the molecule is COC(=O)C[C@H](CC(=O)N(C)c1ccccc1)c1onc(C)c1C. The lowest BCUT2D eigenvalue weighted by Gasteiger charge is -2.20. The maximum Gasteiger partial charge on any atom is 0.306 e. The molecule has 1 aromatic carbocycles. The normalized spacial score (nSPS) is 11.8. The molecule has 2 rings (SSSR count). The van der Waals surface area contributed by atoms with Gasteiger partial charge in [-0.05, 0) is 26.0 Å². The Morgan fingerprint density at radius 2 is 1.88 bits per heavy atom. The summed E-state index contributed by atoms with van der Waals surface area (Å²) in [7, 11) is 3.04. The highest BCUT2D eigenvalue weighted by Gasteiger charge is 2.27. The van der Waals surface area contributed by atoms with E-state index in [1.165, 1.54) is 7.11 Å². The van der Waals surface area contributed by atoms with Gasteiger partial charge in [0.25, 0.3) is 0 Å². The molecule has 0 fully saturated rings. The lowest BCUT2D eigenvalue weighted by Crippen LogP contribution is -2.28. The van der Waals surface area contributed by atoms with Gasteiger partial charge in [0.2, 0.25) is 5.91 Å². The second-order valence-electron chi connectivity index (χ2n) is 5.73. The van der Waals surface area contributed by atoms with Crippen LogP contribution < -0.4 is 4.90 Å².